The van der Waals surface area contributed by atoms with Crippen LogP contribution >= 0.6 is 11.8 Å². The Morgan fingerprint density at radius 2 is 1.63 bits per heavy atom. The Morgan fingerprint density at radius 1 is 0.947 bits per heavy atom. The highest BCUT2D eigenvalue weighted by molar-refractivity contribution is 8.03. The van der Waals surface area contributed by atoms with Crippen LogP contribution in [0.1, 0.15) is 12.0 Å². The first kappa shape index (κ1) is 13.5. The fourth-order valence-corrected chi connectivity index (χ4v) is 2.12. The molecule has 0 aliphatic rings. The van der Waals surface area contributed by atoms with Crippen LogP contribution in [0.2, 0.25) is 0 Å². The molecule has 0 atom stereocenters. The maximum absolute atomic E-state index is 8.44. The molecular weight excluding hydrogens is 254 g/mol. The third kappa shape index (κ3) is 4.69. The monoisotopic (exact) mass is 269 g/mol. The average molecular weight is 269 g/mol. The van der Waals surface area contributed by atoms with Gasteiger partial charge >= 0.3 is 0 Å². The van der Waals surface area contributed by atoms with E-state index in [0.29, 0.717) is 0 Å². The molecule has 0 N–H and O–H groups in total. The second kappa shape index (κ2) is 7.50. The minimum Gasteiger partial charge on any atom is -0.457 e. The van der Waals surface area contributed by atoms with Gasteiger partial charge in [0.05, 0.1) is 0 Å². The van der Waals surface area contributed by atoms with E-state index >= 15 is 0 Å². The number of nitriles is 1. The Bertz CT molecular complexity index is 531. The molecule has 0 unspecified atom stereocenters. The summed E-state index contributed by atoms with van der Waals surface area (Å²) in [6, 6.07) is 17.9. The van der Waals surface area contributed by atoms with E-state index in [1.165, 1.54) is 17.3 Å². The van der Waals surface area contributed by atoms with Crippen LogP contribution in [0.15, 0.2) is 54.6 Å². The van der Waals surface area contributed by atoms with Crippen molar-refractivity contribution in [3.8, 4) is 16.9 Å². The zero-order chi connectivity index (χ0) is 13.3. The molecule has 0 bridgehead atoms. The van der Waals surface area contributed by atoms with Crippen molar-refractivity contribution in [2.45, 2.75) is 12.8 Å². The van der Waals surface area contributed by atoms with Crippen molar-refractivity contribution in [2.75, 3.05) is 5.75 Å². The highest BCUT2D eigenvalue weighted by Gasteiger charge is 1.98. The van der Waals surface area contributed by atoms with Gasteiger partial charge in [-0.2, -0.15) is 5.26 Å². The van der Waals surface area contributed by atoms with Gasteiger partial charge in [0.1, 0.15) is 16.9 Å². The maximum Gasteiger partial charge on any atom is 0.133 e. The number of rotatable bonds is 6. The summed E-state index contributed by atoms with van der Waals surface area (Å²) in [6.45, 7) is 0. The molecule has 0 aromatic heterocycles. The lowest BCUT2D eigenvalue weighted by atomic mass is 10.1. The summed E-state index contributed by atoms with van der Waals surface area (Å²) in [5.74, 6) is 2.58. The number of benzene rings is 2. The lowest BCUT2D eigenvalue weighted by molar-refractivity contribution is 0.482. The second-order valence-corrected chi connectivity index (χ2v) is 4.98. The summed E-state index contributed by atoms with van der Waals surface area (Å²) in [7, 11) is 0. The van der Waals surface area contributed by atoms with Gasteiger partial charge in [-0.25, -0.2) is 0 Å². The highest BCUT2D eigenvalue weighted by Crippen LogP contribution is 2.21. The van der Waals surface area contributed by atoms with Crippen LogP contribution in [-0.2, 0) is 6.42 Å². The van der Waals surface area contributed by atoms with E-state index in [4.69, 9.17) is 10.00 Å². The number of thioether (sulfide) groups is 1. The van der Waals surface area contributed by atoms with Crippen LogP contribution < -0.4 is 4.74 Å². The van der Waals surface area contributed by atoms with Crippen molar-refractivity contribution in [1.29, 1.82) is 5.26 Å². The Balaban J connectivity index is 1.86. The van der Waals surface area contributed by atoms with Crippen LogP contribution in [0.25, 0.3) is 0 Å². The number of nitrogens with zero attached hydrogens (tertiary/aromatic N) is 1. The molecule has 0 radical (unpaired) electrons. The van der Waals surface area contributed by atoms with E-state index in [9.17, 15) is 0 Å². The SMILES string of the molecule is N#CSCCCc1ccc(Oc2ccccc2)cc1. The Labute approximate surface area is 118 Å². The lowest BCUT2D eigenvalue weighted by Gasteiger charge is -2.06. The summed E-state index contributed by atoms with van der Waals surface area (Å²) in [6.07, 6.45) is 2.03. The molecule has 0 aliphatic carbocycles. The number of hydrogen-bond donors (Lipinski definition) is 0. The first-order chi connectivity index (χ1) is 9.38. The standard InChI is InChI=1S/C16H15NOS/c17-13-19-12-4-5-14-8-10-16(11-9-14)18-15-6-2-1-3-7-15/h1-3,6-11H,4-5,12H2. The van der Waals surface area contributed by atoms with E-state index in [0.717, 1.165) is 30.1 Å². The first-order valence-electron chi connectivity index (χ1n) is 6.21. The van der Waals surface area contributed by atoms with Crippen molar-refractivity contribution >= 4 is 11.8 Å². The fraction of sp³-hybridized carbons (Fsp3) is 0.188. The van der Waals surface area contributed by atoms with Crippen LogP contribution in [0.5, 0.6) is 11.5 Å². The zero-order valence-corrected chi connectivity index (χ0v) is 11.4. The Kier molecular flexibility index (Phi) is 5.33. The quantitative estimate of drug-likeness (QED) is 0.566. The second-order valence-electron chi connectivity index (χ2n) is 4.10. The largest absolute Gasteiger partial charge is 0.457 e. The first-order valence-corrected chi connectivity index (χ1v) is 7.20. The minimum atomic E-state index is 0.848. The molecule has 0 saturated heterocycles. The third-order valence-corrected chi connectivity index (χ3v) is 3.30. The van der Waals surface area contributed by atoms with Crippen molar-refractivity contribution in [3.63, 3.8) is 0 Å². The van der Waals surface area contributed by atoms with Gasteiger partial charge in [0.2, 0.25) is 0 Å². The van der Waals surface area contributed by atoms with Crippen LogP contribution in [-0.4, -0.2) is 5.75 Å². The molecule has 0 aliphatic heterocycles. The summed E-state index contributed by atoms with van der Waals surface area (Å²) < 4.78 is 5.73. The van der Waals surface area contributed by atoms with Crippen molar-refractivity contribution < 1.29 is 4.74 Å². The molecule has 2 aromatic carbocycles. The maximum atomic E-state index is 8.44. The van der Waals surface area contributed by atoms with Gasteiger partial charge in [-0.15, -0.1) is 0 Å². The van der Waals surface area contributed by atoms with E-state index in [1.807, 2.05) is 42.5 Å². The van der Waals surface area contributed by atoms with Crippen molar-refractivity contribution in [1.82, 2.24) is 0 Å². The van der Waals surface area contributed by atoms with E-state index < -0.39 is 0 Å². The van der Waals surface area contributed by atoms with Gasteiger partial charge in [0.15, 0.2) is 0 Å². The number of aryl methyl sites for hydroxylation is 1. The molecule has 19 heavy (non-hydrogen) atoms. The van der Waals surface area contributed by atoms with Crippen LogP contribution in [0.4, 0.5) is 0 Å². The molecule has 2 aromatic rings. The number of hydrogen-bond acceptors (Lipinski definition) is 3. The molecule has 0 fully saturated rings. The molecule has 0 saturated carbocycles. The number of ether oxygens (including phenoxy) is 1. The minimum absolute atomic E-state index is 0.848. The predicted molar refractivity (Wildman–Crippen MR) is 79.4 cm³/mol. The van der Waals surface area contributed by atoms with E-state index in [1.54, 1.807) is 0 Å². The zero-order valence-electron chi connectivity index (χ0n) is 10.6. The van der Waals surface area contributed by atoms with Crippen LogP contribution in [0.3, 0.4) is 0 Å². The van der Waals surface area contributed by atoms with Crippen LogP contribution in [0, 0.1) is 10.7 Å². The van der Waals surface area contributed by atoms with Gasteiger partial charge < -0.3 is 4.74 Å². The Morgan fingerprint density at radius 3 is 2.32 bits per heavy atom. The Hall–Kier alpha value is -1.92. The summed E-state index contributed by atoms with van der Waals surface area (Å²) in [5.41, 5.74) is 1.28. The van der Waals surface area contributed by atoms with Gasteiger partial charge in [-0.1, -0.05) is 30.3 Å². The van der Waals surface area contributed by atoms with Gasteiger partial charge in [-0.3, -0.25) is 0 Å². The van der Waals surface area contributed by atoms with Crippen molar-refractivity contribution in [3.05, 3.63) is 60.2 Å². The summed E-state index contributed by atoms with van der Waals surface area (Å²) >= 11 is 1.31. The molecule has 96 valence electrons. The molecule has 0 heterocycles. The normalized spacial score (nSPS) is 9.84. The highest BCUT2D eigenvalue weighted by atomic mass is 32.2. The summed E-state index contributed by atoms with van der Waals surface area (Å²) in [5, 5.41) is 10.5. The third-order valence-electron chi connectivity index (χ3n) is 2.68. The van der Waals surface area contributed by atoms with Gasteiger partial charge in [0, 0.05) is 5.75 Å². The topological polar surface area (TPSA) is 33.0 Å². The van der Waals surface area contributed by atoms with Gasteiger partial charge in [-0.05, 0) is 54.4 Å². The van der Waals surface area contributed by atoms with Gasteiger partial charge in [0.25, 0.3) is 0 Å². The molecule has 2 rings (SSSR count). The number of para-hydroxylation sites is 1. The number of thiocyanates is 1. The molecular formula is C16H15NOS. The van der Waals surface area contributed by atoms with E-state index in [-0.39, 0.29) is 0 Å². The van der Waals surface area contributed by atoms with Crippen molar-refractivity contribution in [2.24, 2.45) is 0 Å². The predicted octanol–water partition coefficient (Wildman–Crippen LogP) is 4.63. The molecule has 0 amide bonds. The summed E-state index contributed by atoms with van der Waals surface area (Å²) in [4.78, 5) is 0. The molecule has 0 spiro atoms. The molecule has 3 heteroatoms. The average Bonchev–Trinajstić information content (AvgIpc) is 2.46. The fourth-order valence-electron chi connectivity index (χ4n) is 1.74. The van der Waals surface area contributed by atoms with E-state index in [2.05, 4.69) is 17.5 Å². The lowest BCUT2D eigenvalue weighted by Crippen LogP contribution is -1.88. The molecule has 2 nitrogen and oxygen atoms in total. The smallest absolute Gasteiger partial charge is 0.133 e.